The number of aryl methyl sites for hydroxylation is 1. The second kappa shape index (κ2) is 5.85. The highest BCUT2D eigenvalue weighted by Crippen LogP contribution is 2.44. The maximum Gasteiger partial charge on any atom is 0.192 e. The van der Waals surface area contributed by atoms with E-state index in [1.807, 2.05) is 19.1 Å². The van der Waals surface area contributed by atoms with Crippen LogP contribution in [0.4, 0.5) is 0 Å². The lowest BCUT2D eigenvalue weighted by molar-refractivity contribution is 0.562. The zero-order valence-corrected chi connectivity index (χ0v) is 14.4. The highest BCUT2D eigenvalue weighted by Gasteiger charge is 2.20. The predicted molar refractivity (Wildman–Crippen MR) is 107 cm³/mol. The molecule has 26 heavy (non-hydrogen) atoms. The Morgan fingerprint density at radius 2 is 1.15 bits per heavy atom. The van der Waals surface area contributed by atoms with Crippen molar-refractivity contribution in [3.63, 3.8) is 0 Å². The molecule has 0 unspecified atom stereocenters. The lowest BCUT2D eigenvalue weighted by Gasteiger charge is -2.14. The van der Waals surface area contributed by atoms with Crippen LogP contribution in [-0.4, -0.2) is 4.98 Å². The van der Waals surface area contributed by atoms with Gasteiger partial charge in [0, 0.05) is 23.4 Å². The van der Waals surface area contributed by atoms with Crippen molar-refractivity contribution in [3.8, 4) is 22.3 Å². The minimum atomic E-state index is 0.688. The number of hydrogen-bond acceptors (Lipinski definition) is 2. The van der Waals surface area contributed by atoms with Crippen LogP contribution >= 0.6 is 0 Å². The fourth-order valence-corrected chi connectivity index (χ4v) is 3.72. The van der Waals surface area contributed by atoms with Crippen molar-refractivity contribution in [2.45, 2.75) is 6.92 Å². The minimum Gasteiger partial charge on any atom is -0.440 e. The fourth-order valence-electron chi connectivity index (χ4n) is 3.72. The molecule has 0 bridgehead atoms. The van der Waals surface area contributed by atoms with Crippen LogP contribution in [0.2, 0.25) is 0 Å². The highest BCUT2D eigenvalue weighted by molar-refractivity contribution is 6.18. The van der Waals surface area contributed by atoms with E-state index in [-0.39, 0.29) is 0 Å². The number of fused-ring (bicyclic) bond motifs is 3. The molecule has 0 atom stereocenters. The zero-order valence-electron chi connectivity index (χ0n) is 14.4. The summed E-state index contributed by atoms with van der Waals surface area (Å²) >= 11 is 0. The number of oxazole rings is 1. The third-order valence-corrected chi connectivity index (χ3v) is 4.79. The smallest absolute Gasteiger partial charge is 0.192 e. The molecule has 0 aliphatic heterocycles. The summed E-state index contributed by atoms with van der Waals surface area (Å²) in [5, 5.41) is 2.32. The molecule has 0 radical (unpaired) electrons. The summed E-state index contributed by atoms with van der Waals surface area (Å²) in [6, 6.07) is 29.4. The summed E-state index contributed by atoms with van der Waals surface area (Å²) in [6.07, 6.45) is 0. The summed E-state index contributed by atoms with van der Waals surface area (Å²) in [5.74, 6) is 0.688. The van der Waals surface area contributed by atoms with Gasteiger partial charge >= 0.3 is 0 Å². The Labute approximate surface area is 151 Å². The van der Waals surface area contributed by atoms with Gasteiger partial charge in [0.2, 0.25) is 0 Å². The highest BCUT2D eigenvalue weighted by atomic mass is 16.3. The lowest BCUT2D eigenvalue weighted by Crippen LogP contribution is -1.90. The molecule has 0 aliphatic rings. The first-order chi connectivity index (χ1) is 12.8. The molecule has 0 spiro atoms. The first-order valence-corrected chi connectivity index (χ1v) is 8.75. The van der Waals surface area contributed by atoms with E-state index in [1.165, 1.54) is 16.5 Å². The lowest BCUT2D eigenvalue weighted by atomic mass is 9.89. The van der Waals surface area contributed by atoms with Crippen molar-refractivity contribution in [3.05, 3.63) is 90.8 Å². The van der Waals surface area contributed by atoms with E-state index >= 15 is 0 Å². The van der Waals surface area contributed by atoms with E-state index in [9.17, 15) is 0 Å². The van der Waals surface area contributed by atoms with Crippen molar-refractivity contribution in [1.29, 1.82) is 0 Å². The van der Waals surface area contributed by atoms with Gasteiger partial charge in [0.1, 0.15) is 5.52 Å². The van der Waals surface area contributed by atoms with Gasteiger partial charge in [0.05, 0.1) is 0 Å². The number of rotatable bonds is 2. The van der Waals surface area contributed by atoms with Gasteiger partial charge in [-0.3, -0.25) is 0 Å². The van der Waals surface area contributed by atoms with Crippen LogP contribution < -0.4 is 0 Å². The predicted octanol–water partition coefficient (Wildman–Crippen LogP) is 6.62. The molecule has 124 valence electrons. The molecule has 0 aliphatic carbocycles. The molecular formula is C24H17NO. The van der Waals surface area contributed by atoms with Gasteiger partial charge < -0.3 is 4.42 Å². The van der Waals surface area contributed by atoms with Crippen LogP contribution in [0.25, 0.3) is 44.1 Å². The van der Waals surface area contributed by atoms with E-state index in [0.29, 0.717) is 5.89 Å². The second-order valence-corrected chi connectivity index (χ2v) is 6.44. The van der Waals surface area contributed by atoms with Gasteiger partial charge in [-0.1, -0.05) is 84.9 Å². The van der Waals surface area contributed by atoms with Gasteiger partial charge in [-0.25, -0.2) is 4.98 Å². The molecule has 0 saturated heterocycles. The Hall–Kier alpha value is -3.39. The molecule has 0 N–H and O–H groups in total. The van der Waals surface area contributed by atoms with Crippen molar-refractivity contribution < 1.29 is 4.42 Å². The Balaban J connectivity index is 2.05. The standard InChI is InChI=1S/C24H17NO/c1-16-25-23-20-15-9-8-14-19(20)21(17-10-4-2-5-11-17)22(24(23)26-16)18-12-6-3-7-13-18/h2-15H,1H3. The third-order valence-electron chi connectivity index (χ3n) is 4.79. The number of benzene rings is 4. The summed E-state index contributed by atoms with van der Waals surface area (Å²) in [7, 11) is 0. The summed E-state index contributed by atoms with van der Waals surface area (Å²) in [5.41, 5.74) is 6.39. The van der Waals surface area contributed by atoms with Crippen LogP contribution in [0.1, 0.15) is 5.89 Å². The van der Waals surface area contributed by atoms with Crippen LogP contribution in [0.5, 0.6) is 0 Å². The van der Waals surface area contributed by atoms with E-state index in [0.717, 1.165) is 27.6 Å². The number of nitrogens with zero attached hydrogens (tertiary/aromatic N) is 1. The van der Waals surface area contributed by atoms with Crippen LogP contribution in [0.3, 0.4) is 0 Å². The maximum absolute atomic E-state index is 6.11. The molecule has 0 amide bonds. The molecule has 0 fully saturated rings. The second-order valence-electron chi connectivity index (χ2n) is 6.44. The van der Waals surface area contributed by atoms with E-state index in [2.05, 4.69) is 72.8 Å². The molecule has 2 nitrogen and oxygen atoms in total. The Morgan fingerprint density at radius 1 is 0.615 bits per heavy atom. The van der Waals surface area contributed by atoms with Crippen LogP contribution in [-0.2, 0) is 0 Å². The van der Waals surface area contributed by atoms with E-state index in [1.54, 1.807) is 0 Å². The number of aromatic nitrogens is 1. The summed E-state index contributed by atoms with van der Waals surface area (Å²) in [6.45, 7) is 1.91. The quantitative estimate of drug-likeness (QED) is 0.362. The van der Waals surface area contributed by atoms with Gasteiger partial charge in [-0.05, 0) is 16.5 Å². The first kappa shape index (κ1) is 14.9. The monoisotopic (exact) mass is 335 g/mol. The SMILES string of the molecule is Cc1nc2c(o1)c(-c1ccccc1)c(-c1ccccc1)c1ccccc12. The largest absolute Gasteiger partial charge is 0.440 e. The molecule has 5 aromatic rings. The summed E-state index contributed by atoms with van der Waals surface area (Å²) < 4.78 is 6.11. The van der Waals surface area contributed by atoms with E-state index < -0.39 is 0 Å². The van der Waals surface area contributed by atoms with Gasteiger partial charge in [0.15, 0.2) is 11.5 Å². The average Bonchev–Trinajstić information content (AvgIpc) is 3.09. The normalized spacial score (nSPS) is 11.3. The van der Waals surface area contributed by atoms with Crippen LogP contribution in [0, 0.1) is 6.92 Å². The Bertz CT molecular complexity index is 1220. The van der Waals surface area contributed by atoms with Gasteiger partial charge in [0.25, 0.3) is 0 Å². The van der Waals surface area contributed by atoms with Crippen molar-refractivity contribution >= 4 is 21.9 Å². The molecule has 4 aromatic carbocycles. The molecule has 1 heterocycles. The summed E-state index contributed by atoms with van der Waals surface area (Å²) in [4.78, 5) is 4.70. The third kappa shape index (κ3) is 2.23. The zero-order chi connectivity index (χ0) is 17.5. The molecular weight excluding hydrogens is 318 g/mol. The van der Waals surface area contributed by atoms with Crippen LogP contribution in [0.15, 0.2) is 89.3 Å². The van der Waals surface area contributed by atoms with E-state index in [4.69, 9.17) is 9.40 Å². The molecule has 1 aromatic heterocycles. The van der Waals surface area contributed by atoms with Crippen molar-refractivity contribution in [2.24, 2.45) is 0 Å². The van der Waals surface area contributed by atoms with Gasteiger partial charge in [-0.2, -0.15) is 0 Å². The molecule has 2 heteroatoms. The van der Waals surface area contributed by atoms with Gasteiger partial charge in [-0.15, -0.1) is 0 Å². The Morgan fingerprint density at radius 3 is 1.81 bits per heavy atom. The molecule has 0 saturated carbocycles. The Kier molecular flexibility index (Phi) is 3.36. The number of hydrogen-bond donors (Lipinski definition) is 0. The maximum atomic E-state index is 6.11. The van der Waals surface area contributed by atoms with Crippen molar-refractivity contribution in [2.75, 3.05) is 0 Å². The molecule has 5 rings (SSSR count). The van der Waals surface area contributed by atoms with Crippen molar-refractivity contribution in [1.82, 2.24) is 4.98 Å². The fraction of sp³-hybridized carbons (Fsp3) is 0.0417. The average molecular weight is 335 g/mol. The minimum absolute atomic E-state index is 0.688. The first-order valence-electron chi connectivity index (χ1n) is 8.75. The topological polar surface area (TPSA) is 26.0 Å².